The van der Waals surface area contributed by atoms with Gasteiger partial charge in [-0.25, -0.2) is 0 Å². The fourth-order valence-corrected chi connectivity index (χ4v) is 4.94. The van der Waals surface area contributed by atoms with Crippen molar-refractivity contribution in [1.82, 2.24) is 15.1 Å². The standard InChI is InChI=1S/C29H37N3O3/c1-6-7-8-13-32-28(21-10-9-11-22(17-21)35-14-12-18(2)3)25-26(30-31-27(25)29(32)34)24-20(5)15-19(4)16-23(24)33/h9-11,15-18,28,33H,6-8,12-14H2,1-5H3,(H,30,31). The van der Waals surface area contributed by atoms with Crippen LogP contribution >= 0.6 is 0 Å². The molecular weight excluding hydrogens is 438 g/mol. The first-order valence-electron chi connectivity index (χ1n) is 12.7. The molecular formula is C29H37N3O3. The van der Waals surface area contributed by atoms with Gasteiger partial charge in [-0.2, -0.15) is 5.10 Å². The number of hydrogen-bond acceptors (Lipinski definition) is 4. The van der Waals surface area contributed by atoms with Crippen LogP contribution in [0.25, 0.3) is 11.3 Å². The topological polar surface area (TPSA) is 78.5 Å². The van der Waals surface area contributed by atoms with Crippen LogP contribution in [-0.4, -0.2) is 39.3 Å². The third-order valence-electron chi connectivity index (χ3n) is 6.70. The van der Waals surface area contributed by atoms with Crippen molar-refractivity contribution in [1.29, 1.82) is 0 Å². The van der Waals surface area contributed by atoms with E-state index in [0.717, 1.165) is 53.7 Å². The molecule has 0 fully saturated rings. The number of phenolic OH excluding ortho intramolecular Hbond substituents is 1. The van der Waals surface area contributed by atoms with Crippen molar-refractivity contribution in [2.45, 2.75) is 66.3 Å². The van der Waals surface area contributed by atoms with Crippen LogP contribution < -0.4 is 4.74 Å². The number of hydrogen-bond donors (Lipinski definition) is 2. The maximum atomic E-state index is 13.5. The zero-order valence-corrected chi connectivity index (χ0v) is 21.5. The molecule has 186 valence electrons. The van der Waals surface area contributed by atoms with Crippen LogP contribution in [0.1, 0.15) is 85.2 Å². The summed E-state index contributed by atoms with van der Waals surface area (Å²) in [6.07, 6.45) is 4.06. The molecule has 0 bridgehead atoms. The number of phenols is 1. The number of nitrogens with one attached hydrogen (secondary N) is 1. The van der Waals surface area contributed by atoms with Gasteiger partial charge < -0.3 is 14.7 Å². The lowest BCUT2D eigenvalue weighted by atomic mass is 9.93. The highest BCUT2D eigenvalue weighted by Gasteiger charge is 2.42. The maximum absolute atomic E-state index is 13.5. The average molecular weight is 476 g/mol. The van der Waals surface area contributed by atoms with Gasteiger partial charge in [0, 0.05) is 17.7 Å². The number of aromatic amines is 1. The number of aromatic hydroxyl groups is 1. The molecule has 35 heavy (non-hydrogen) atoms. The molecule has 3 aromatic rings. The number of ether oxygens (including phenoxy) is 1. The Morgan fingerprint density at radius 1 is 1.17 bits per heavy atom. The molecule has 1 unspecified atom stereocenters. The van der Waals surface area contributed by atoms with Gasteiger partial charge in [-0.1, -0.05) is 51.8 Å². The van der Waals surface area contributed by atoms with Gasteiger partial charge in [0.05, 0.1) is 12.6 Å². The summed E-state index contributed by atoms with van der Waals surface area (Å²) in [5.41, 5.74) is 5.54. The Bertz CT molecular complexity index is 1170. The third kappa shape index (κ3) is 5.07. The Hall–Kier alpha value is -3.28. The summed E-state index contributed by atoms with van der Waals surface area (Å²) in [7, 11) is 0. The van der Waals surface area contributed by atoms with Crippen LogP contribution in [0, 0.1) is 19.8 Å². The van der Waals surface area contributed by atoms with Gasteiger partial charge in [0.2, 0.25) is 0 Å². The van der Waals surface area contributed by atoms with Crippen molar-refractivity contribution in [3.63, 3.8) is 0 Å². The molecule has 2 N–H and O–H groups in total. The van der Waals surface area contributed by atoms with Crippen LogP contribution in [0.3, 0.4) is 0 Å². The molecule has 1 aliphatic rings. The Balaban J connectivity index is 1.79. The number of carbonyl (C=O) groups is 1. The van der Waals surface area contributed by atoms with Gasteiger partial charge in [-0.05, 0) is 67.5 Å². The van der Waals surface area contributed by atoms with Crippen molar-refractivity contribution in [3.8, 4) is 22.8 Å². The van der Waals surface area contributed by atoms with Gasteiger partial charge in [-0.3, -0.25) is 9.89 Å². The SMILES string of the molecule is CCCCCN1C(=O)c2[nH]nc(-c3c(C)cc(C)cc3O)c2C1c1cccc(OCCC(C)C)c1. The van der Waals surface area contributed by atoms with Crippen molar-refractivity contribution < 1.29 is 14.6 Å². The summed E-state index contributed by atoms with van der Waals surface area (Å²) < 4.78 is 6.05. The molecule has 6 nitrogen and oxygen atoms in total. The van der Waals surface area contributed by atoms with Crippen molar-refractivity contribution in [2.24, 2.45) is 5.92 Å². The largest absolute Gasteiger partial charge is 0.507 e. The van der Waals surface area contributed by atoms with E-state index < -0.39 is 0 Å². The Morgan fingerprint density at radius 2 is 1.97 bits per heavy atom. The lowest BCUT2D eigenvalue weighted by molar-refractivity contribution is 0.0740. The number of aromatic nitrogens is 2. The van der Waals surface area contributed by atoms with Gasteiger partial charge in [0.15, 0.2) is 0 Å². The Morgan fingerprint density at radius 3 is 2.69 bits per heavy atom. The maximum Gasteiger partial charge on any atom is 0.273 e. The van der Waals surface area contributed by atoms with Gasteiger partial charge >= 0.3 is 0 Å². The number of fused-ring (bicyclic) bond motifs is 1. The number of aryl methyl sites for hydroxylation is 2. The van der Waals surface area contributed by atoms with Crippen LogP contribution in [0.5, 0.6) is 11.5 Å². The van der Waals surface area contributed by atoms with E-state index in [0.29, 0.717) is 36.0 Å². The van der Waals surface area contributed by atoms with E-state index in [1.807, 2.05) is 49.1 Å². The molecule has 1 amide bonds. The van der Waals surface area contributed by atoms with E-state index in [9.17, 15) is 9.90 Å². The average Bonchev–Trinajstić information content (AvgIpc) is 3.32. The molecule has 4 rings (SSSR count). The lowest BCUT2D eigenvalue weighted by Crippen LogP contribution is -2.30. The highest BCUT2D eigenvalue weighted by atomic mass is 16.5. The van der Waals surface area contributed by atoms with E-state index in [-0.39, 0.29) is 17.7 Å². The minimum Gasteiger partial charge on any atom is -0.507 e. The molecule has 0 saturated carbocycles. The molecule has 0 radical (unpaired) electrons. The first kappa shape index (κ1) is 24.8. The van der Waals surface area contributed by atoms with Crippen LogP contribution in [0.15, 0.2) is 36.4 Å². The van der Waals surface area contributed by atoms with Crippen LogP contribution in [-0.2, 0) is 0 Å². The molecule has 0 saturated heterocycles. The summed E-state index contributed by atoms with van der Waals surface area (Å²) in [6, 6.07) is 11.5. The molecule has 1 aromatic heterocycles. The molecule has 1 aliphatic heterocycles. The van der Waals surface area contributed by atoms with E-state index in [2.05, 4.69) is 31.0 Å². The van der Waals surface area contributed by atoms with E-state index >= 15 is 0 Å². The first-order chi connectivity index (χ1) is 16.8. The highest BCUT2D eigenvalue weighted by molar-refractivity contribution is 6.00. The highest BCUT2D eigenvalue weighted by Crippen LogP contribution is 2.46. The number of unbranched alkanes of at least 4 members (excludes halogenated alkanes) is 2. The number of H-pyrrole nitrogens is 1. The molecule has 1 atom stereocenters. The second-order valence-electron chi connectivity index (χ2n) is 10.0. The van der Waals surface area contributed by atoms with Crippen molar-refractivity contribution in [3.05, 3.63) is 64.3 Å². The summed E-state index contributed by atoms with van der Waals surface area (Å²) in [4.78, 5) is 15.5. The smallest absolute Gasteiger partial charge is 0.273 e. The lowest BCUT2D eigenvalue weighted by Gasteiger charge is -2.27. The minimum absolute atomic E-state index is 0.0461. The second kappa shape index (κ2) is 10.5. The molecule has 2 aromatic carbocycles. The van der Waals surface area contributed by atoms with Crippen molar-refractivity contribution in [2.75, 3.05) is 13.2 Å². The summed E-state index contributed by atoms with van der Waals surface area (Å²) in [5.74, 6) is 1.51. The molecule has 0 spiro atoms. The number of carbonyl (C=O) groups excluding carboxylic acids is 1. The first-order valence-corrected chi connectivity index (χ1v) is 12.7. The summed E-state index contributed by atoms with van der Waals surface area (Å²) in [6.45, 7) is 11.8. The molecule has 2 heterocycles. The van der Waals surface area contributed by atoms with Crippen LogP contribution in [0.2, 0.25) is 0 Å². The Labute approximate surface area is 208 Å². The van der Waals surface area contributed by atoms with Gasteiger partial charge in [0.25, 0.3) is 5.91 Å². The van der Waals surface area contributed by atoms with Crippen molar-refractivity contribution >= 4 is 5.91 Å². The van der Waals surface area contributed by atoms with Crippen LogP contribution in [0.4, 0.5) is 0 Å². The van der Waals surface area contributed by atoms with Gasteiger partial charge in [0.1, 0.15) is 22.9 Å². The fraction of sp³-hybridized carbons (Fsp3) is 0.448. The van der Waals surface area contributed by atoms with Gasteiger partial charge in [-0.15, -0.1) is 0 Å². The summed E-state index contributed by atoms with van der Waals surface area (Å²) >= 11 is 0. The zero-order chi connectivity index (χ0) is 25.1. The Kier molecular flexibility index (Phi) is 7.48. The van der Waals surface area contributed by atoms with E-state index in [1.165, 1.54) is 0 Å². The minimum atomic E-state index is -0.295. The monoisotopic (exact) mass is 475 g/mol. The number of benzene rings is 2. The number of amides is 1. The second-order valence-corrected chi connectivity index (χ2v) is 10.0. The van der Waals surface area contributed by atoms with E-state index in [4.69, 9.17) is 4.74 Å². The number of rotatable bonds is 10. The number of nitrogens with zero attached hydrogens (tertiary/aromatic N) is 2. The quantitative estimate of drug-likeness (QED) is 0.326. The third-order valence-corrected chi connectivity index (χ3v) is 6.70. The predicted octanol–water partition coefficient (Wildman–Crippen LogP) is 6.56. The normalized spacial score (nSPS) is 15.2. The zero-order valence-electron chi connectivity index (χ0n) is 21.5. The molecule has 0 aliphatic carbocycles. The van der Waals surface area contributed by atoms with E-state index in [1.54, 1.807) is 6.07 Å². The fourth-order valence-electron chi connectivity index (χ4n) is 4.94. The summed E-state index contributed by atoms with van der Waals surface area (Å²) in [5, 5.41) is 18.4. The predicted molar refractivity (Wildman–Crippen MR) is 139 cm³/mol. The molecule has 6 heteroatoms.